The van der Waals surface area contributed by atoms with Crippen LogP contribution in [0.15, 0.2) is 18.2 Å². The van der Waals surface area contributed by atoms with Gasteiger partial charge in [0, 0.05) is 6.04 Å². The van der Waals surface area contributed by atoms with Crippen LogP contribution in [0.3, 0.4) is 0 Å². The van der Waals surface area contributed by atoms with E-state index < -0.39 is 0 Å². The van der Waals surface area contributed by atoms with Crippen LogP contribution in [0.5, 0.6) is 5.75 Å². The maximum absolute atomic E-state index is 5.41. The number of fused-ring (bicyclic) bond motifs is 1. The number of hydrogen-bond acceptors (Lipinski definition) is 2. The molecular weight excluding hydrogens is 258 g/mol. The highest BCUT2D eigenvalue weighted by atomic mass is 16.5. The van der Waals surface area contributed by atoms with E-state index in [1.165, 1.54) is 62.6 Å². The summed E-state index contributed by atoms with van der Waals surface area (Å²) < 4.78 is 5.41. The maximum Gasteiger partial charge on any atom is 0.119 e. The molecule has 0 aliphatic heterocycles. The molecule has 1 N–H and O–H groups in total. The van der Waals surface area contributed by atoms with E-state index in [4.69, 9.17) is 4.74 Å². The standard InChI is InChI=1S/C19H29NO/c1-14-6-3-4-7-16(14)13-20-19-9-5-8-15-10-11-17(21-2)12-18(15)19/h10-12,14,16,19-20H,3-9,13H2,1-2H3. The summed E-state index contributed by atoms with van der Waals surface area (Å²) in [5, 5.41) is 3.87. The minimum absolute atomic E-state index is 0.526. The van der Waals surface area contributed by atoms with Crippen molar-refractivity contribution in [2.45, 2.75) is 57.9 Å². The molecule has 1 fully saturated rings. The maximum atomic E-state index is 5.41. The van der Waals surface area contributed by atoms with Gasteiger partial charge in [-0.15, -0.1) is 0 Å². The van der Waals surface area contributed by atoms with E-state index in [-0.39, 0.29) is 0 Å². The van der Waals surface area contributed by atoms with Crippen molar-refractivity contribution in [2.24, 2.45) is 11.8 Å². The molecule has 1 saturated carbocycles. The van der Waals surface area contributed by atoms with Gasteiger partial charge in [-0.05, 0) is 67.3 Å². The average molecular weight is 287 g/mol. The lowest BCUT2D eigenvalue weighted by Gasteiger charge is -2.33. The van der Waals surface area contributed by atoms with Crippen LogP contribution in [0, 0.1) is 11.8 Å². The minimum Gasteiger partial charge on any atom is -0.497 e. The molecule has 0 heterocycles. The number of hydrogen-bond donors (Lipinski definition) is 1. The largest absolute Gasteiger partial charge is 0.497 e. The van der Waals surface area contributed by atoms with E-state index in [9.17, 15) is 0 Å². The van der Waals surface area contributed by atoms with E-state index in [1.54, 1.807) is 7.11 Å². The second-order valence-corrected chi connectivity index (χ2v) is 6.94. The summed E-state index contributed by atoms with van der Waals surface area (Å²) in [6.45, 7) is 3.62. The highest BCUT2D eigenvalue weighted by molar-refractivity contribution is 5.39. The van der Waals surface area contributed by atoms with Gasteiger partial charge in [-0.1, -0.05) is 32.3 Å². The molecule has 2 aliphatic rings. The third-order valence-electron chi connectivity index (χ3n) is 5.58. The zero-order chi connectivity index (χ0) is 14.7. The Labute approximate surface area is 129 Å². The SMILES string of the molecule is COc1ccc2c(c1)C(NCC1CCCCC1C)CCC2. The molecule has 3 atom stereocenters. The summed E-state index contributed by atoms with van der Waals surface area (Å²) in [7, 11) is 1.76. The first-order valence-corrected chi connectivity index (χ1v) is 8.68. The fourth-order valence-electron chi connectivity index (χ4n) is 4.11. The minimum atomic E-state index is 0.526. The third-order valence-corrected chi connectivity index (χ3v) is 5.58. The summed E-state index contributed by atoms with van der Waals surface area (Å²) in [5.74, 6) is 2.75. The Morgan fingerprint density at radius 3 is 2.81 bits per heavy atom. The summed E-state index contributed by atoms with van der Waals surface area (Å²) in [6, 6.07) is 7.13. The van der Waals surface area contributed by atoms with Crippen molar-refractivity contribution < 1.29 is 4.74 Å². The van der Waals surface area contributed by atoms with E-state index in [1.807, 2.05) is 0 Å². The van der Waals surface area contributed by atoms with Crippen LogP contribution in [0.1, 0.15) is 62.6 Å². The molecule has 0 amide bonds. The van der Waals surface area contributed by atoms with E-state index in [0.717, 1.165) is 17.6 Å². The lowest BCUT2D eigenvalue weighted by Crippen LogP contribution is -2.33. The average Bonchev–Trinajstić information content (AvgIpc) is 2.53. The van der Waals surface area contributed by atoms with Crippen molar-refractivity contribution in [1.29, 1.82) is 0 Å². The summed E-state index contributed by atoms with van der Waals surface area (Å²) in [4.78, 5) is 0. The normalized spacial score (nSPS) is 29.0. The second kappa shape index (κ2) is 6.83. The van der Waals surface area contributed by atoms with Crippen molar-refractivity contribution in [3.8, 4) is 5.75 Å². The van der Waals surface area contributed by atoms with Crippen molar-refractivity contribution in [3.63, 3.8) is 0 Å². The zero-order valence-corrected chi connectivity index (χ0v) is 13.5. The Bertz CT molecular complexity index is 471. The number of methoxy groups -OCH3 is 1. The molecule has 116 valence electrons. The molecule has 2 heteroatoms. The van der Waals surface area contributed by atoms with Crippen LogP contribution < -0.4 is 10.1 Å². The topological polar surface area (TPSA) is 21.3 Å². The predicted molar refractivity (Wildman–Crippen MR) is 87.8 cm³/mol. The van der Waals surface area contributed by atoms with E-state index >= 15 is 0 Å². The van der Waals surface area contributed by atoms with Crippen LogP contribution in [-0.2, 0) is 6.42 Å². The molecule has 0 saturated heterocycles. The molecule has 0 radical (unpaired) electrons. The molecule has 0 spiro atoms. The summed E-state index contributed by atoms with van der Waals surface area (Å²) >= 11 is 0. The second-order valence-electron chi connectivity index (χ2n) is 6.94. The van der Waals surface area contributed by atoms with Gasteiger partial charge in [0.2, 0.25) is 0 Å². The van der Waals surface area contributed by atoms with Gasteiger partial charge in [0.05, 0.1) is 7.11 Å². The van der Waals surface area contributed by atoms with Crippen molar-refractivity contribution in [2.75, 3.05) is 13.7 Å². The van der Waals surface area contributed by atoms with Gasteiger partial charge in [0.15, 0.2) is 0 Å². The van der Waals surface area contributed by atoms with Gasteiger partial charge in [-0.2, -0.15) is 0 Å². The summed E-state index contributed by atoms with van der Waals surface area (Å²) in [6.07, 6.45) is 9.47. The van der Waals surface area contributed by atoms with Crippen molar-refractivity contribution >= 4 is 0 Å². The highest BCUT2D eigenvalue weighted by Crippen LogP contribution is 2.34. The number of ether oxygens (including phenoxy) is 1. The van der Waals surface area contributed by atoms with Gasteiger partial charge in [0.25, 0.3) is 0 Å². The Hall–Kier alpha value is -1.02. The lowest BCUT2D eigenvalue weighted by atomic mass is 9.80. The fraction of sp³-hybridized carbons (Fsp3) is 0.684. The van der Waals surface area contributed by atoms with E-state index in [2.05, 4.69) is 30.4 Å². The van der Waals surface area contributed by atoms with Gasteiger partial charge in [0.1, 0.15) is 5.75 Å². The van der Waals surface area contributed by atoms with Crippen molar-refractivity contribution in [1.82, 2.24) is 5.32 Å². The van der Waals surface area contributed by atoms with Crippen LogP contribution in [0.2, 0.25) is 0 Å². The Morgan fingerprint density at radius 1 is 1.14 bits per heavy atom. The first-order chi connectivity index (χ1) is 10.3. The third kappa shape index (κ3) is 3.42. The number of nitrogens with one attached hydrogen (secondary N) is 1. The molecule has 2 nitrogen and oxygen atoms in total. The van der Waals surface area contributed by atoms with Gasteiger partial charge in [-0.3, -0.25) is 0 Å². The molecule has 3 rings (SSSR count). The zero-order valence-electron chi connectivity index (χ0n) is 13.5. The molecule has 3 unspecified atom stereocenters. The first kappa shape index (κ1) is 14.9. The quantitative estimate of drug-likeness (QED) is 0.881. The Morgan fingerprint density at radius 2 is 2.00 bits per heavy atom. The monoisotopic (exact) mass is 287 g/mol. The van der Waals surface area contributed by atoms with Crippen molar-refractivity contribution in [3.05, 3.63) is 29.3 Å². The van der Waals surface area contributed by atoms with Crippen LogP contribution in [0.25, 0.3) is 0 Å². The number of benzene rings is 1. The number of aryl methyl sites for hydroxylation is 1. The molecule has 0 aromatic heterocycles. The predicted octanol–water partition coefficient (Wildman–Crippen LogP) is 4.49. The van der Waals surface area contributed by atoms with Gasteiger partial charge >= 0.3 is 0 Å². The molecule has 0 bridgehead atoms. The molecule has 2 aliphatic carbocycles. The van der Waals surface area contributed by atoms with Gasteiger partial charge < -0.3 is 10.1 Å². The molecular formula is C19H29NO. The summed E-state index contributed by atoms with van der Waals surface area (Å²) in [5.41, 5.74) is 2.99. The van der Waals surface area contributed by atoms with E-state index in [0.29, 0.717) is 6.04 Å². The molecule has 1 aromatic rings. The smallest absolute Gasteiger partial charge is 0.119 e. The Balaban J connectivity index is 1.67. The molecule has 21 heavy (non-hydrogen) atoms. The first-order valence-electron chi connectivity index (χ1n) is 8.68. The van der Waals surface area contributed by atoms with Crippen LogP contribution >= 0.6 is 0 Å². The fourth-order valence-corrected chi connectivity index (χ4v) is 4.11. The van der Waals surface area contributed by atoms with Crippen LogP contribution in [-0.4, -0.2) is 13.7 Å². The Kier molecular flexibility index (Phi) is 4.84. The molecule has 1 aromatic carbocycles. The van der Waals surface area contributed by atoms with Gasteiger partial charge in [-0.25, -0.2) is 0 Å². The lowest BCUT2D eigenvalue weighted by molar-refractivity contribution is 0.237. The number of rotatable bonds is 4. The van der Waals surface area contributed by atoms with Crippen LogP contribution in [0.4, 0.5) is 0 Å². The highest BCUT2D eigenvalue weighted by Gasteiger charge is 2.25.